The van der Waals surface area contributed by atoms with Gasteiger partial charge in [0.1, 0.15) is 11.9 Å². The Labute approximate surface area is 85.9 Å². The molecule has 0 aliphatic carbocycles. The average Bonchev–Trinajstić information content (AvgIpc) is 2.82. The van der Waals surface area contributed by atoms with Crippen molar-refractivity contribution in [3.05, 3.63) is 35.7 Å². The number of aliphatic hydroxyl groups is 1. The number of hydrogen-bond donors (Lipinski definition) is 2. The summed E-state index contributed by atoms with van der Waals surface area (Å²) in [6, 6.07) is 7.02. The number of rotatable bonds is 3. The Morgan fingerprint density at radius 2 is 2.07 bits per heavy atom. The van der Waals surface area contributed by atoms with Crippen molar-refractivity contribution in [1.29, 1.82) is 0 Å². The van der Waals surface area contributed by atoms with Crippen LogP contribution in [0.3, 0.4) is 0 Å². The topological polar surface area (TPSA) is 83.9 Å². The molecule has 2 aromatic rings. The summed E-state index contributed by atoms with van der Waals surface area (Å²) in [5, 5.41) is 22.9. The number of ether oxygens (including phenoxy) is 1. The first kappa shape index (κ1) is 9.60. The maximum atomic E-state index is 9.82. The molecule has 0 spiro atoms. The van der Waals surface area contributed by atoms with Crippen LogP contribution in [0.1, 0.15) is 17.5 Å². The van der Waals surface area contributed by atoms with Gasteiger partial charge in [0, 0.05) is 0 Å². The number of benzene rings is 1. The van der Waals surface area contributed by atoms with Crippen molar-refractivity contribution in [2.45, 2.75) is 6.10 Å². The first-order valence-corrected chi connectivity index (χ1v) is 4.36. The number of aliphatic hydroxyl groups excluding tert-OH is 1. The molecule has 1 aromatic carbocycles. The molecule has 0 amide bonds. The molecule has 6 heteroatoms. The van der Waals surface area contributed by atoms with E-state index in [0.29, 0.717) is 5.56 Å². The molecular weight excluding hydrogens is 196 g/mol. The molecule has 0 saturated heterocycles. The molecule has 1 atom stereocenters. The van der Waals surface area contributed by atoms with E-state index in [-0.39, 0.29) is 5.82 Å². The van der Waals surface area contributed by atoms with Gasteiger partial charge in [-0.15, -0.1) is 10.2 Å². The quantitative estimate of drug-likeness (QED) is 0.754. The third-order valence-corrected chi connectivity index (χ3v) is 2.04. The monoisotopic (exact) mass is 206 g/mol. The van der Waals surface area contributed by atoms with Crippen LogP contribution in [-0.4, -0.2) is 32.8 Å². The smallest absolute Gasteiger partial charge is 0.207 e. The van der Waals surface area contributed by atoms with Gasteiger partial charge in [-0.3, -0.25) is 0 Å². The summed E-state index contributed by atoms with van der Waals surface area (Å²) in [7, 11) is 1.59. The molecule has 1 heterocycles. The summed E-state index contributed by atoms with van der Waals surface area (Å²) in [6.45, 7) is 0. The molecule has 2 rings (SSSR count). The maximum Gasteiger partial charge on any atom is 0.207 e. The molecule has 15 heavy (non-hydrogen) atoms. The van der Waals surface area contributed by atoms with Crippen LogP contribution in [0.5, 0.6) is 5.75 Å². The summed E-state index contributed by atoms with van der Waals surface area (Å²) in [5.74, 6) is 0.985. The minimum Gasteiger partial charge on any atom is -0.497 e. The standard InChI is InChI=1S/C9H10N4O2/c1-15-7-4-2-6(3-5-7)8(14)9-10-12-13-11-9/h2-5,8,14H,1H3,(H,10,11,12,13). The molecule has 0 radical (unpaired) electrons. The molecule has 0 aliphatic heterocycles. The van der Waals surface area contributed by atoms with E-state index in [4.69, 9.17) is 4.74 Å². The van der Waals surface area contributed by atoms with E-state index >= 15 is 0 Å². The van der Waals surface area contributed by atoms with E-state index in [0.717, 1.165) is 5.75 Å². The zero-order chi connectivity index (χ0) is 10.7. The van der Waals surface area contributed by atoms with E-state index < -0.39 is 6.10 Å². The molecule has 2 N–H and O–H groups in total. The van der Waals surface area contributed by atoms with Crippen LogP contribution in [-0.2, 0) is 0 Å². The fourth-order valence-electron chi connectivity index (χ4n) is 1.22. The second-order valence-electron chi connectivity index (χ2n) is 2.95. The molecule has 0 aliphatic rings. The Morgan fingerprint density at radius 3 is 2.60 bits per heavy atom. The van der Waals surface area contributed by atoms with Gasteiger partial charge in [0.2, 0.25) is 5.82 Å². The summed E-state index contributed by atoms with van der Waals surface area (Å²) in [5.41, 5.74) is 0.692. The maximum absolute atomic E-state index is 9.82. The van der Waals surface area contributed by atoms with E-state index in [2.05, 4.69) is 20.6 Å². The lowest BCUT2D eigenvalue weighted by Gasteiger charge is -2.06. The summed E-state index contributed by atoms with van der Waals surface area (Å²) < 4.78 is 5.01. The van der Waals surface area contributed by atoms with Gasteiger partial charge >= 0.3 is 0 Å². The minimum atomic E-state index is -0.866. The predicted octanol–water partition coefficient (Wildman–Crippen LogP) is 0.290. The number of H-pyrrole nitrogens is 1. The van der Waals surface area contributed by atoms with Gasteiger partial charge in [-0.1, -0.05) is 17.3 Å². The highest BCUT2D eigenvalue weighted by molar-refractivity contribution is 5.30. The van der Waals surface area contributed by atoms with Gasteiger partial charge in [0.25, 0.3) is 0 Å². The lowest BCUT2D eigenvalue weighted by Crippen LogP contribution is -2.02. The second kappa shape index (κ2) is 4.05. The fraction of sp³-hybridized carbons (Fsp3) is 0.222. The van der Waals surface area contributed by atoms with Gasteiger partial charge in [-0.2, -0.15) is 5.21 Å². The lowest BCUT2D eigenvalue weighted by atomic mass is 10.1. The minimum absolute atomic E-state index is 0.250. The van der Waals surface area contributed by atoms with Crippen LogP contribution in [0.25, 0.3) is 0 Å². The Morgan fingerprint density at radius 1 is 1.33 bits per heavy atom. The average molecular weight is 206 g/mol. The summed E-state index contributed by atoms with van der Waals surface area (Å²) in [4.78, 5) is 0. The van der Waals surface area contributed by atoms with Crippen LogP contribution in [0.2, 0.25) is 0 Å². The molecule has 1 unspecified atom stereocenters. The van der Waals surface area contributed by atoms with Crippen LogP contribution < -0.4 is 4.74 Å². The Bertz CT molecular complexity index is 412. The van der Waals surface area contributed by atoms with Crippen LogP contribution in [0.15, 0.2) is 24.3 Å². The van der Waals surface area contributed by atoms with Gasteiger partial charge in [0.15, 0.2) is 0 Å². The summed E-state index contributed by atoms with van der Waals surface area (Å²) in [6.07, 6.45) is -0.866. The molecular formula is C9H10N4O2. The third kappa shape index (κ3) is 1.94. The zero-order valence-corrected chi connectivity index (χ0v) is 8.08. The van der Waals surface area contributed by atoms with Gasteiger partial charge in [-0.05, 0) is 17.7 Å². The number of aromatic amines is 1. The van der Waals surface area contributed by atoms with Crippen molar-refractivity contribution >= 4 is 0 Å². The van der Waals surface area contributed by atoms with Crippen molar-refractivity contribution in [3.63, 3.8) is 0 Å². The lowest BCUT2D eigenvalue weighted by molar-refractivity contribution is 0.210. The number of nitrogens with zero attached hydrogens (tertiary/aromatic N) is 3. The third-order valence-electron chi connectivity index (χ3n) is 2.04. The zero-order valence-electron chi connectivity index (χ0n) is 8.08. The van der Waals surface area contributed by atoms with E-state index in [9.17, 15) is 5.11 Å². The first-order valence-electron chi connectivity index (χ1n) is 4.36. The number of tetrazole rings is 1. The van der Waals surface area contributed by atoms with E-state index in [1.54, 1.807) is 31.4 Å². The largest absolute Gasteiger partial charge is 0.497 e. The van der Waals surface area contributed by atoms with Crippen LogP contribution >= 0.6 is 0 Å². The SMILES string of the molecule is COc1ccc(C(O)c2nn[nH]n2)cc1. The van der Waals surface area contributed by atoms with Crippen molar-refractivity contribution in [3.8, 4) is 5.75 Å². The Balaban J connectivity index is 2.22. The number of nitrogens with one attached hydrogen (secondary N) is 1. The first-order chi connectivity index (χ1) is 7.31. The van der Waals surface area contributed by atoms with Crippen molar-refractivity contribution in [1.82, 2.24) is 20.6 Å². The van der Waals surface area contributed by atoms with E-state index in [1.165, 1.54) is 0 Å². The molecule has 0 bridgehead atoms. The highest BCUT2D eigenvalue weighted by Crippen LogP contribution is 2.20. The molecule has 1 aromatic heterocycles. The normalized spacial score (nSPS) is 12.4. The molecule has 78 valence electrons. The number of methoxy groups -OCH3 is 1. The number of hydrogen-bond acceptors (Lipinski definition) is 5. The Kier molecular flexibility index (Phi) is 2.59. The molecule has 6 nitrogen and oxygen atoms in total. The van der Waals surface area contributed by atoms with Crippen LogP contribution in [0, 0.1) is 0 Å². The van der Waals surface area contributed by atoms with Crippen molar-refractivity contribution in [2.75, 3.05) is 7.11 Å². The summed E-state index contributed by atoms with van der Waals surface area (Å²) >= 11 is 0. The fourth-order valence-corrected chi connectivity index (χ4v) is 1.22. The molecule has 0 fully saturated rings. The van der Waals surface area contributed by atoms with Crippen molar-refractivity contribution < 1.29 is 9.84 Å². The Hall–Kier alpha value is -1.95. The highest BCUT2D eigenvalue weighted by Gasteiger charge is 2.14. The van der Waals surface area contributed by atoms with Gasteiger partial charge in [0.05, 0.1) is 7.11 Å². The predicted molar refractivity (Wildman–Crippen MR) is 51.2 cm³/mol. The second-order valence-corrected chi connectivity index (χ2v) is 2.95. The van der Waals surface area contributed by atoms with E-state index in [1.807, 2.05) is 0 Å². The van der Waals surface area contributed by atoms with Crippen LogP contribution in [0.4, 0.5) is 0 Å². The highest BCUT2D eigenvalue weighted by atomic mass is 16.5. The van der Waals surface area contributed by atoms with Gasteiger partial charge in [-0.25, -0.2) is 0 Å². The van der Waals surface area contributed by atoms with Crippen molar-refractivity contribution in [2.24, 2.45) is 0 Å². The number of aromatic nitrogens is 4. The molecule has 0 saturated carbocycles. The van der Waals surface area contributed by atoms with Gasteiger partial charge < -0.3 is 9.84 Å².